The van der Waals surface area contributed by atoms with Gasteiger partial charge in [-0.2, -0.15) is 11.3 Å². The predicted octanol–water partition coefficient (Wildman–Crippen LogP) is 4.32. The first-order valence-electron chi connectivity index (χ1n) is 7.08. The number of hydrogen-bond donors (Lipinski definition) is 2. The van der Waals surface area contributed by atoms with Crippen molar-refractivity contribution in [2.45, 2.75) is 6.54 Å². The molecule has 120 valence electrons. The molecule has 3 aromatic heterocycles. The van der Waals surface area contributed by atoms with Crippen LogP contribution in [0.4, 0.5) is 0 Å². The highest BCUT2D eigenvalue weighted by Gasteiger charge is 2.13. The van der Waals surface area contributed by atoms with Crippen LogP contribution in [-0.2, 0) is 6.54 Å². The van der Waals surface area contributed by atoms with Gasteiger partial charge < -0.3 is 9.55 Å². The topological polar surface area (TPSA) is 70.3 Å². The molecule has 0 fully saturated rings. The maximum atomic E-state index is 8.02. The Balaban J connectivity index is 1.87. The van der Waals surface area contributed by atoms with E-state index in [1.165, 1.54) is 0 Å². The summed E-state index contributed by atoms with van der Waals surface area (Å²) in [5.74, 6) is 0.715. The van der Waals surface area contributed by atoms with E-state index in [-0.39, 0.29) is 5.49 Å². The normalized spacial score (nSPS) is 11.2. The van der Waals surface area contributed by atoms with Crippen LogP contribution in [0.2, 0.25) is 10.0 Å². The Kier molecular flexibility index (Phi) is 3.88. The molecule has 3 heterocycles. The second kappa shape index (κ2) is 6.05. The smallest absolute Gasteiger partial charge is 0.173 e. The molecule has 0 radical (unpaired) electrons. The van der Waals surface area contributed by atoms with Gasteiger partial charge in [0.2, 0.25) is 0 Å². The number of imidazole rings is 1. The van der Waals surface area contributed by atoms with Gasteiger partial charge in [0.25, 0.3) is 0 Å². The van der Waals surface area contributed by atoms with Gasteiger partial charge in [-0.25, -0.2) is 9.97 Å². The molecule has 0 amide bonds. The molecule has 0 aliphatic carbocycles. The summed E-state index contributed by atoms with van der Waals surface area (Å²) in [6.07, 6.45) is 1.59. The lowest BCUT2D eigenvalue weighted by Gasteiger charge is -2.10. The van der Waals surface area contributed by atoms with Crippen molar-refractivity contribution in [1.82, 2.24) is 19.5 Å². The number of thiophene rings is 1. The molecule has 8 heteroatoms. The minimum Gasteiger partial charge on any atom is -0.334 e. The molecule has 5 nitrogen and oxygen atoms in total. The molecular weight excluding hydrogens is 365 g/mol. The van der Waals surface area contributed by atoms with E-state index in [4.69, 9.17) is 28.6 Å². The minimum absolute atomic E-state index is 0.153. The van der Waals surface area contributed by atoms with Gasteiger partial charge in [-0.05, 0) is 23.6 Å². The summed E-state index contributed by atoms with van der Waals surface area (Å²) in [4.78, 5) is 12.0. The molecular formula is C16H11Cl2N5S. The predicted molar refractivity (Wildman–Crippen MR) is 96.6 cm³/mol. The van der Waals surface area contributed by atoms with Gasteiger partial charge in [-0.1, -0.05) is 29.3 Å². The molecule has 0 spiro atoms. The SMILES string of the molecule is N=c1ncn(Cc2c(Cl)cccc2Cl)c2nc(-c3ccsc3)[nH]c12. The van der Waals surface area contributed by atoms with Gasteiger partial charge in [0.15, 0.2) is 11.1 Å². The number of nitrogens with one attached hydrogen (secondary N) is 2. The number of rotatable bonds is 3. The first-order chi connectivity index (χ1) is 11.6. The molecule has 0 bridgehead atoms. The van der Waals surface area contributed by atoms with E-state index in [9.17, 15) is 0 Å². The van der Waals surface area contributed by atoms with Crippen LogP contribution in [0.5, 0.6) is 0 Å². The Morgan fingerprint density at radius 3 is 2.71 bits per heavy atom. The number of aromatic amines is 1. The summed E-state index contributed by atoms with van der Waals surface area (Å²) >= 11 is 14.1. The minimum atomic E-state index is 0.153. The number of aromatic nitrogens is 4. The first-order valence-corrected chi connectivity index (χ1v) is 8.78. The van der Waals surface area contributed by atoms with Gasteiger partial charge in [-0.15, -0.1) is 0 Å². The van der Waals surface area contributed by atoms with Crippen molar-refractivity contribution < 1.29 is 0 Å². The van der Waals surface area contributed by atoms with Crippen molar-refractivity contribution in [2.75, 3.05) is 0 Å². The van der Waals surface area contributed by atoms with Crippen molar-refractivity contribution in [3.05, 3.63) is 62.4 Å². The number of fused-ring (bicyclic) bond motifs is 1. The van der Waals surface area contributed by atoms with Crippen LogP contribution in [0.25, 0.3) is 22.6 Å². The van der Waals surface area contributed by atoms with Crippen molar-refractivity contribution in [3.63, 3.8) is 0 Å². The third kappa shape index (κ3) is 2.62. The van der Waals surface area contributed by atoms with E-state index < -0.39 is 0 Å². The largest absolute Gasteiger partial charge is 0.334 e. The highest BCUT2D eigenvalue weighted by Crippen LogP contribution is 2.26. The standard InChI is InChI=1S/C16H11Cl2N5S/c17-11-2-1-3-12(18)10(11)6-23-8-20-14(19)13-16(23)22-15(21-13)9-4-5-24-7-9/h1-5,7-8,19H,6H2,(H,21,22). The summed E-state index contributed by atoms with van der Waals surface area (Å²) in [5, 5.41) is 13.2. The number of benzene rings is 1. The molecule has 4 aromatic rings. The van der Waals surface area contributed by atoms with Crippen LogP contribution in [0.1, 0.15) is 5.56 Å². The van der Waals surface area contributed by atoms with Crippen LogP contribution < -0.4 is 5.49 Å². The zero-order valence-electron chi connectivity index (χ0n) is 12.3. The van der Waals surface area contributed by atoms with E-state index in [0.717, 1.165) is 11.1 Å². The van der Waals surface area contributed by atoms with Crippen molar-refractivity contribution in [1.29, 1.82) is 5.41 Å². The maximum absolute atomic E-state index is 8.02. The summed E-state index contributed by atoms with van der Waals surface area (Å²) in [6.45, 7) is 0.427. The van der Waals surface area contributed by atoms with Crippen molar-refractivity contribution in [3.8, 4) is 11.4 Å². The second-order valence-corrected chi connectivity index (χ2v) is 6.81. The Labute approximate surface area is 151 Å². The quantitative estimate of drug-likeness (QED) is 0.559. The van der Waals surface area contributed by atoms with Crippen LogP contribution in [-0.4, -0.2) is 19.5 Å². The number of nitrogens with zero attached hydrogens (tertiary/aromatic N) is 3. The first kappa shape index (κ1) is 15.4. The van der Waals surface area contributed by atoms with Gasteiger partial charge >= 0.3 is 0 Å². The van der Waals surface area contributed by atoms with Crippen LogP contribution in [0.3, 0.4) is 0 Å². The molecule has 0 atom stereocenters. The molecule has 2 N–H and O–H groups in total. The molecule has 0 unspecified atom stereocenters. The summed E-state index contributed by atoms with van der Waals surface area (Å²) in [6, 6.07) is 7.39. The molecule has 1 aromatic carbocycles. The lowest BCUT2D eigenvalue weighted by atomic mass is 10.2. The van der Waals surface area contributed by atoms with Crippen LogP contribution in [0.15, 0.2) is 41.4 Å². The van der Waals surface area contributed by atoms with Crippen LogP contribution in [0, 0.1) is 5.41 Å². The third-order valence-corrected chi connectivity index (χ3v) is 5.10. The molecule has 4 rings (SSSR count). The third-order valence-electron chi connectivity index (χ3n) is 3.70. The van der Waals surface area contributed by atoms with E-state index in [1.807, 2.05) is 27.5 Å². The molecule has 0 saturated carbocycles. The summed E-state index contributed by atoms with van der Waals surface area (Å²) in [7, 11) is 0. The summed E-state index contributed by atoms with van der Waals surface area (Å²) in [5.41, 5.74) is 3.17. The number of hydrogen-bond acceptors (Lipinski definition) is 4. The fourth-order valence-corrected chi connectivity index (χ4v) is 3.65. The monoisotopic (exact) mass is 375 g/mol. The van der Waals surface area contributed by atoms with E-state index in [2.05, 4.69) is 15.0 Å². The van der Waals surface area contributed by atoms with Crippen molar-refractivity contribution >= 4 is 45.7 Å². The zero-order valence-corrected chi connectivity index (χ0v) is 14.6. The van der Waals surface area contributed by atoms with Gasteiger partial charge in [-0.3, -0.25) is 5.41 Å². The number of halogens is 2. The van der Waals surface area contributed by atoms with Crippen LogP contribution >= 0.6 is 34.5 Å². The fourth-order valence-electron chi connectivity index (χ4n) is 2.49. The van der Waals surface area contributed by atoms with Crippen molar-refractivity contribution in [2.24, 2.45) is 0 Å². The average molecular weight is 376 g/mol. The van der Waals surface area contributed by atoms with E-state index >= 15 is 0 Å². The second-order valence-electron chi connectivity index (χ2n) is 5.22. The highest BCUT2D eigenvalue weighted by atomic mass is 35.5. The van der Waals surface area contributed by atoms with Gasteiger partial charge in [0, 0.05) is 26.6 Å². The molecule has 0 aliphatic rings. The lowest BCUT2D eigenvalue weighted by Crippen LogP contribution is -2.13. The van der Waals surface area contributed by atoms with E-state index in [1.54, 1.807) is 29.8 Å². The molecule has 0 saturated heterocycles. The van der Waals surface area contributed by atoms with Gasteiger partial charge in [0.1, 0.15) is 11.3 Å². The zero-order chi connectivity index (χ0) is 16.7. The van der Waals surface area contributed by atoms with E-state index in [0.29, 0.717) is 33.6 Å². The average Bonchev–Trinajstić information content (AvgIpc) is 3.22. The summed E-state index contributed by atoms with van der Waals surface area (Å²) < 4.78 is 1.84. The van der Waals surface area contributed by atoms with Gasteiger partial charge in [0.05, 0.1) is 12.9 Å². The lowest BCUT2D eigenvalue weighted by molar-refractivity contribution is 0.784. The Morgan fingerprint density at radius 2 is 2.00 bits per heavy atom. The fraction of sp³-hybridized carbons (Fsp3) is 0.0625. The Bertz CT molecular complexity index is 1060. The highest BCUT2D eigenvalue weighted by molar-refractivity contribution is 7.08. The Morgan fingerprint density at radius 1 is 1.21 bits per heavy atom. The Hall–Kier alpha value is -2.15. The number of H-pyrrole nitrogens is 1. The maximum Gasteiger partial charge on any atom is 0.173 e. The molecule has 24 heavy (non-hydrogen) atoms. The molecule has 0 aliphatic heterocycles.